The van der Waals surface area contributed by atoms with Crippen LogP contribution in [0.25, 0.3) is 0 Å². The quantitative estimate of drug-likeness (QED) is 0.612. The predicted octanol–water partition coefficient (Wildman–Crippen LogP) is 2.20. The average Bonchev–Trinajstić information content (AvgIpc) is 2.46. The Balaban J connectivity index is 2.34. The van der Waals surface area contributed by atoms with E-state index in [1.807, 2.05) is 6.20 Å². The first-order valence-electron chi connectivity index (χ1n) is 4.40. The molecule has 0 N–H and O–H groups in total. The minimum Gasteiger partial charge on any atom is -0.269 e. The van der Waals surface area contributed by atoms with E-state index >= 15 is 0 Å². The van der Waals surface area contributed by atoms with Crippen LogP contribution in [0.3, 0.4) is 0 Å². The van der Waals surface area contributed by atoms with Crippen LogP contribution in [0.1, 0.15) is 24.6 Å². The zero-order valence-corrected chi connectivity index (χ0v) is 8.01. The van der Waals surface area contributed by atoms with Crippen LogP contribution in [-0.2, 0) is 18.8 Å². The Labute approximate surface area is 77.5 Å². The minimum absolute atomic E-state index is 0.599. The van der Waals surface area contributed by atoms with E-state index in [4.69, 9.17) is 11.6 Å². The summed E-state index contributed by atoms with van der Waals surface area (Å²) in [6.07, 6.45) is 4.29. The highest BCUT2D eigenvalue weighted by Crippen LogP contribution is 2.23. The predicted molar refractivity (Wildman–Crippen MR) is 49.3 cm³/mol. The highest BCUT2D eigenvalue weighted by atomic mass is 35.5. The molecule has 1 atom stereocenters. The van der Waals surface area contributed by atoms with E-state index in [-0.39, 0.29) is 0 Å². The number of hydrogen-bond acceptors (Lipinski definition) is 1. The molecule has 66 valence electrons. The highest BCUT2D eigenvalue weighted by molar-refractivity contribution is 6.17. The molecule has 0 saturated heterocycles. The highest BCUT2D eigenvalue weighted by Gasteiger charge is 2.18. The fourth-order valence-electron chi connectivity index (χ4n) is 1.76. The monoisotopic (exact) mass is 184 g/mol. The second-order valence-corrected chi connectivity index (χ2v) is 3.84. The van der Waals surface area contributed by atoms with Gasteiger partial charge in [-0.2, -0.15) is 5.10 Å². The maximum Gasteiger partial charge on any atom is 0.0536 e. The Morgan fingerprint density at radius 3 is 3.33 bits per heavy atom. The van der Waals surface area contributed by atoms with Crippen molar-refractivity contribution in [2.24, 2.45) is 5.92 Å². The van der Waals surface area contributed by atoms with Gasteiger partial charge in [0.05, 0.1) is 12.1 Å². The van der Waals surface area contributed by atoms with Crippen molar-refractivity contribution < 1.29 is 0 Å². The average molecular weight is 185 g/mol. The van der Waals surface area contributed by atoms with Crippen LogP contribution in [0.2, 0.25) is 0 Å². The van der Waals surface area contributed by atoms with E-state index < -0.39 is 0 Å². The lowest BCUT2D eigenvalue weighted by atomic mass is 9.97. The zero-order chi connectivity index (χ0) is 8.55. The number of nitrogens with zero attached hydrogens (tertiary/aromatic N) is 2. The smallest absolute Gasteiger partial charge is 0.0536 e. The Bertz CT molecular complexity index is 267. The third-order valence-electron chi connectivity index (χ3n) is 2.55. The minimum atomic E-state index is 0.599. The molecule has 0 aliphatic carbocycles. The zero-order valence-electron chi connectivity index (χ0n) is 7.26. The number of aryl methyl sites for hydroxylation is 1. The van der Waals surface area contributed by atoms with Gasteiger partial charge < -0.3 is 0 Å². The standard InChI is InChI=1S/C9H13ClN2/c1-7-2-3-12-9(4-7)8(5-10)6-11-12/h6-7H,2-5H2,1H3. The van der Waals surface area contributed by atoms with Crippen LogP contribution in [0.5, 0.6) is 0 Å². The van der Waals surface area contributed by atoms with Gasteiger partial charge in [-0.15, -0.1) is 11.6 Å². The van der Waals surface area contributed by atoms with E-state index in [1.165, 1.54) is 17.7 Å². The van der Waals surface area contributed by atoms with Crippen molar-refractivity contribution in [2.45, 2.75) is 32.2 Å². The molecule has 2 nitrogen and oxygen atoms in total. The summed E-state index contributed by atoms with van der Waals surface area (Å²) in [5, 5.41) is 4.29. The van der Waals surface area contributed by atoms with E-state index in [9.17, 15) is 0 Å². The number of aromatic nitrogens is 2. The van der Waals surface area contributed by atoms with E-state index in [0.29, 0.717) is 5.88 Å². The van der Waals surface area contributed by atoms with Gasteiger partial charge in [0.1, 0.15) is 0 Å². The van der Waals surface area contributed by atoms with Gasteiger partial charge in [0.2, 0.25) is 0 Å². The van der Waals surface area contributed by atoms with Gasteiger partial charge in [0.25, 0.3) is 0 Å². The summed E-state index contributed by atoms with van der Waals surface area (Å²) < 4.78 is 2.09. The van der Waals surface area contributed by atoms with Crippen LogP contribution in [0.4, 0.5) is 0 Å². The third kappa shape index (κ3) is 1.24. The maximum atomic E-state index is 5.80. The first-order valence-corrected chi connectivity index (χ1v) is 4.94. The van der Waals surface area contributed by atoms with Gasteiger partial charge in [-0.05, 0) is 18.8 Å². The summed E-state index contributed by atoms with van der Waals surface area (Å²) in [4.78, 5) is 0. The Morgan fingerprint density at radius 1 is 1.75 bits per heavy atom. The fourth-order valence-corrected chi connectivity index (χ4v) is 1.99. The molecule has 0 bridgehead atoms. The Kier molecular flexibility index (Phi) is 2.09. The summed E-state index contributed by atoms with van der Waals surface area (Å²) in [5.41, 5.74) is 2.56. The van der Waals surface area contributed by atoms with Gasteiger partial charge in [0, 0.05) is 17.8 Å². The molecule has 0 amide bonds. The lowest BCUT2D eigenvalue weighted by molar-refractivity contribution is 0.390. The summed E-state index contributed by atoms with van der Waals surface area (Å²) in [7, 11) is 0. The van der Waals surface area contributed by atoms with Gasteiger partial charge in [-0.1, -0.05) is 6.92 Å². The molecular weight excluding hydrogens is 172 g/mol. The van der Waals surface area contributed by atoms with Crippen LogP contribution >= 0.6 is 11.6 Å². The van der Waals surface area contributed by atoms with E-state index in [2.05, 4.69) is 16.7 Å². The summed E-state index contributed by atoms with van der Waals surface area (Å²) >= 11 is 5.80. The SMILES string of the molecule is CC1CCn2ncc(CCl)c2C1. The molecule has 0 spiro atoms. The van der Waals surface area contributed by atoms with E-state index in [1.54, 1.807) is 0 Å². The lowest BCUT2D eigenvalue weighted by Gasteiger charge is -2.20. The normalized spacial score (nSPS) is 22.3. The molecule has 0 fully saturated rings. The fraction of sp³-hybridized carbons (Fsp3) is 0.667. The van der Waals surface area contributed by atoms with Crippen LogP contribution in [0, 0.1) is 5.92 Å². The molecule has 2 heterocycles. The number of hydrogen-bond donors (Lipinski definition) is 0. The van der Waals surface area contributed by atoms with Crippen molar-refractivity contribution in [2.75, 3.05) is 0 Å². The number of halogens is 1. The van der Waals surface area contributed by atoms with Crippen molar-refractivity contribution in [3.63, 3.8) is 0 Å². The molecule has 1 unspecified atom stereocenters. The second kappa shape index (κ2) is 3.09. The van der Waals surface area contributed by atoms with Gasteiger partial charge in [0.15, 0.2) is 0 Å². The van der Waals surface area contributed by atoms with Crippen molar-refractivity contribution in [3.05, 3.63) is 17.5 Å². The summed E-state index contributed by atoms with van der Waals surface area (Å²) in [5.74, 6) is 1.39. The topological polar surface area (TPSA) is 17.8 Å². The van der Waals surface area contributed by atoms with Crippen molar-refractivity contribution in [1.82, 2.24) is 9.78 Å². The van der Waals surface area contributed by atoms with Crippen molar-refractivity contribution >= 4 is 11.6 Å². The summed E-state index contributed by atoms with van der Waals surface area (Å²) in [6.45, 7) is 3.35. The maximum absolute atomic E-state index is 5.80. The summed E-state index contributed by atoms with van der Waals surface area (Å²) in [6, 6.07) is 0. The molecule has 1 aliphatic rings. The van der Waals surface area contributed by atoms with Crippen LogP contribution in [-0.4, -0.2) is 9.78 Å². The van der Waals surface area contributed by atoms with Crippen molar-refractivity contribution in [1.29, 1.82) is 0 Å². The second-order valence-electron chi connectivity index (χ2n) is 3.57. The third-order valence-corrected chi connectivity index (χ3v) is 2.84. The van der Waals surface area contributed by atoms with Gasteiger partial charge in [-0.25, -0.2) is 0 Å². The van der Waals surface area contributed by atoms with Gasteiger partial charge >= 0.3 is 0 Å². The largest absolute Gasteiger partial charge is 0.269 e. The lowest BCUT2D eigenvalue weighted by Crippen LogP contribution is -2.18. The van der Waals surface area contributed by atoms with Gasteiger partial charge in [-0.3, -0.25) is 4.68 Å². The Morgan fingerprint density at radius 2 is 2.58 bits per heavy atom. The first-order chi connectivity index (χ1) is 5.81. The van der Waals surface area contributed by atoms with Crippen LogP contribution in [0.15, 0.2) is 6.20 Å². The van der Waals surface area contributed by atoms with E-state index in [0.717, 1.165) is 18.9 Å². The first kappa shape index (κ1) is 8.11. The molecule has 1 aromatic rings. The molecule has 1 aromatic heterocycles. The Hall–Kier alpha value is -0.500. The molecule has 1 aliphatic heterocycles. The molecule has 3 heteroatoms. The molecular formula is C9H13ClN2. The van der Waals surface area contributed by atoms with Crippen LogP contribution < -0.4 is 0 Å². The molecule has 0 saturated carbocycles. The number of alkyl halides is 1. The number of fused-ring (bicyclic) bond motifs is 1. The molecule has 0 aromatic carbocycles. The molecule has 0 radical (unpaired) electrons. The molecule has 2 rings (SSSR count). The number of rotatable bonds is 1. The molecule has 12 heavy (non-hydrogen) atoms. The van der Waals surface area contributed by atoms with Crippen molar-refractivity contribution in [3.8, 4) is 0 Å².